The Bertz CT molecular complexity index is 577. The van der Waals surface area contributed by atoms with E-state index in [4.69, 9.17) is 9.47 Å². The number of aliphatic imine (C=N–C) groups is 1. The van der Waals surface area contributed by atoms with Crippen molar-refractivity contribution in [1.29, 1.82) is 0 Å². The van der Waals surface area contributed by atoms with Crippen LogP contribution in [0.3, 0.4) is 0 Å². The van der Waals surface area contributed by atoms with Crippen molar-refractivity contribution in [2.24, 2.45) is 4.99 Å². The minimum absolute atomic E-state index is 0.303. The molecule has 152 valence electrons. The molecule has 1 N–H and O–H groups in total. The second-order valence-corrected chi connectivity index (χ2v) is 7.28. The highest BCUT2D eigenvalue weighted by Crippen LogP contribution is 2.17. The summed E-state index contributed by atoms with van der Waals surface area (Å²) in [6.07, 6.45) is 9.02. The molecule has 2 saturated heterocycles. The van der Waals surface area contributed by atoms with Gasteiger partial charge in [-0.1, -0.05) is 6.92 Å². The van der Waals surface area contributed by atoms with Crippen LogP contribution in [0.4, 0.5) is 0 Å². The number of ether oxygens (including phenoxy) is 2. The van der Waals surface area contributed by atoms with Gasteiger partial charge in [0.25, 0.3) is 0 Å². The topological polar surface area (TPSA) is 76.8 Å². The van der Waals surface area contributed by atoms with Gasteiger partial charge in [0.2, 0.25) is 0 Å². The molecule has 0 radical (unpaired) electrons. The zero-order chi connectivity index (χ0) is 18.9. The first-order valence-corrected chi connectivity index (χ1v) is 10.4. The zero-order valence-electron chi connectivity index (χ0n) is 16.8. The Hall–Kier alpha value is -1.67. The lowest BCUT2D eigenvalue weighted by Gasteiger charge is -2.35. The second kappa shape index (κ2) is 10.6. The number of nitrogens with one attached hydrogen (secondary N) is 1. The molecule has 0 spiro atoms. The summed E-state index contributed by atoms with van der Waals surface area (Å²) in [5.74, 6) is 1.99. The van der Waals surface area contributed by atoms with Gasteiger partial charge >= 0.3 is 0 Å². The van der Waals surface area contributed by atoms with Crippen molar-refractivity contribution in [2.45, 2.75) is 64.2 Å². The standard InChI is InChI=1S/C19H34N6O2/c1-3-18-23-22-15-25(18)12-9-21-19(20-2)24-10-7-16(8-11-24)27-14-17-6-4-5-13-26-17/h15-17H,3-14H2,1-2H3,(H,20,21). The number of hydrogen-bond donors (Lipinski definition) is 1. The fourth-order valence-corrected chi connectivity index (χ4v) is 3.78. The molecule has 0 aliphatic carbocycles. The van der Waals surface area contributed by atoms with Crippen LogP contribution in [0.15, 0.2) is 11.3 Å². The van der Waals surface area contributed by atoms with Gasteiger partial charge < -0.3 is 24.3 Å². The highest BCUT2D eigenvalue weighted by Gasteiger charge is 2.23. The van der Waals surface area contributed by atoms with Gasteiger partial charge in [0.05, 0.1) is 18.8 Å². The van der Waals surface area contributed by atoms with Crippen LogP contribution in [-0.4, -0.2) is 77.7 Å². The summed E-state index contributed by atoms with van der Waals surface area (Å²) in [6.45, 7) is 7.34. The molecule has 1 aromatic rings. The highest BCUT2D eigenvalue weighted by atomic mass is 16.5. The summed E-state index contributed by atoms with van der Waals surface area (Å²) in [4.78, 5) is 6.77. The predicted octanol–water partition coefficient (Wildman–Crippen LogP) is 1.47. The van der Waals surface area contributed by atoms with E-state index >= 15 is 0 Å². The number of rotatable bonds is 7. The maximum atomic E-state index is 6.11. The van der Waals surface area contributed by atoms with Crippen LogP contribution < -0.4 is 5.32 Å². The van der Waals surface area contributed by atoms with E-state index < -0.39 is 0 Å². The van der Waals surface area contributed by atoms with E-state index in [0.29, 0.717) is 12.2 Å². The molecule has 8 heteroatoms. The molecular formula is C19H34N6O2. The summed E-state index contributed by atoms with van der Waals surface area (Å²) in [7, 11) is 1.85. The van der Waals surface area contributed by atoms with Gasteiger partial charge in [-0.05, 0) is 32.1 Å². The fourth-order valence-electron chi connectivity index (χ4n) is 3.78. The van der Waals surface area contributed by atoms with Crippen LogP contribution in [0.1, 0.15) is 44.9 Å². The summed E-state index contributed by atoms with van der Waals surface area (Å²) in [5.41, 5.74) is 0. The predicted molar refractivity (Wildman–Crippen MR) is 105 cm³/mol. The Balaban J connectivity index is 1.35. The van der Waals surface area contributed by atoms with Crippen molar-refractivity contribution in [1.82, 2.24) is 25.0 Å². The van der Waals surface area contributed by atoms with Crippen LogP contribution in [0.2, 0.25) is 0 Å². The van der Waals surface area contributed by atoms with Gasteiger partial charge in [0.1, 0.15) is 12.2 Å². The third-order valence-electron chi connectivity index (χ3n) is 5.39. The SMILES string of the molecule is CCc1nncn1CCNC(=NC)N1CCC(OCC2CCCCO2)CC1. The lowest BCUT2D eigenvalue weighted by molar-refractivity contribution is -0.0721. The number of aryl methyl sites for hydroxylation is 1. The highest BCUT2D eigenvalue weighted by molar-refractivity contribution is 5.79. The van der Waals surface area contributed by atoms with Gasteiger partial charge in [-0.25, -0.2) is 0 Å². The van der Waals surface area contributed by atoms with E-state index in [1.54, 1.807) is 6.33 Å². The van der Waals surface area contributed by atoms with E-state index in [1.807, 2.05) is 7.05 Å². The molecule has 0 bridgehead atoms. The number of likely N-dealkylation sites (tertiary alicyclic amines) is 1. The van der Waals surface area contributed by atoms with Crippen molar-refractivity contribution >= 4 is 5.96 Å². The molecule has 2 aliphatic rings. The monoisotopic (exact) mass is 378 g/mol. The van der Waals surface area contributed by atoms with Crippen molar-refractivity contribution < 1.29 is 9.47 Å². The normalized spacial score (nSPS) is 22.2. The molecule has 1 aromatic heterocycles. The van der Waals surface area contributed by atoms with Crippen molar-refractivity contribution in [2.75, 3.05) is 39.9 Å². The van der Waals surface area contributed by atoms with Crippen LogP contribution in [0, 0.1) is 0 Å². The molecule has 8 nitrogen and oxygen atoms in total. The van der Waals surface area contributed by atoms with Crippen LogP contribution in [0.5, 0.6) is 0 Å². The van der Waals surface area contributed by atoms with Crippen molar-refractivity contribution in [3.05, 3.63) is 12.2 Å². The molecule has 3 rings (SSSR count). The maximum Gasteiger partial charge on any atom is 0.193 e. The first kappa shape index (κ1) is 20.1. The largest absolute Gasteiger partial charge is 0.376 e. The maximum absolute atomic E-state index is 6.11. The molecule has 0 saturated carbocycles. The van der Waals surface area contributed by atoms with Crippen molar-refractivity contribution in [3.63, 3.8) is 0 Å². The average Bonchev–Trinajstić information content (AvgIpc) is 3.18. The fraction of sp³-hybridized carbons (Fsp3) is 0.842. The summed E-state index contributed by atoms with van der Waals surface area (Å²) in [6, 6.07) is 0. The van der Waals surface area contributed by atoms with Gasteiger partial charge in [0, 0.05) is 46.3 Å². The number of aromatic nitrogens is 3. The van der Waals surface area contributed by atoms with Crippen LogP contribution in [0.25, 0.3) is 0 Å². The zero-order valence-corrected chi connectivity index (χ0v) is 16.8. The number of hydrogen-bond acceptors (Lipinski definition) is 5. The third-order valence-corrected chi connectivity index (χ3v) is 5.39. The summed E-state index contributed by atoms with van der Waals surface area (Å²) in [5, 5.41) is 11.6. The quantitative estimate of drug-likeness (QED) is 0.572. The summed E-state index contributed by atoms with van der Waals surface area (Å²) >= 11 is 0. The molecule has 3 heterocycles. The van der Waals surface area contributed by atoms with E-state index in [1.165, 1.54) is 12.8 Å². The average molecular weight is 379 g/mol. The van der Waals surface area contributed by atoms with Crippen molar-refractivity contribution in [3.8, 4) is 0 Å². The second-order valence-electron chi connectivity index (χ2n) is 7.28. The summed E-state index contributed by atoms with van der Waals surface area (Å²) < 4.78 is 14.0. The van der Waals surface area contributed by atoms with Gasteiger partial charge in [0.15, 0.2) is 5.96 Å². The minimum Gasteiger partial charge on any atom is -0.376 e. The third kappa shape index (κ3) is 5.90. The molecule has 2 fully saturated rings. The Kier molecular flexibility index (Phi) is 7.89. The Labute approximate surface area is 162 Å². The van der Waals surface area contributed by atoms with E-state index in [-0.39, 0.29) is 0 Å². The van der Waals surface area contributed by atoms with Crippen LogP contribution >= 0.6 is 0 Å². The molecule has 2 aliphatic heterocycles. The minimum atomic E-state index is 0.303. The number of nitrogens with zero attached hydrogens (tertiary/aromatic N) is 5. The lowest BCUT2D eigenvalue weighted by Crippen LogP contribution is -2.47. The van der Waals surface area contributed by atoms with E-state index in [0.717, 1.165) is 76.9 Å². The van der Waals surface area contributed by atoms with Gasteiger partial charge in [-0.15, -0.1) is 10.2 Å². The first-order valence-electron chi connectivity index (χ1n) is 10.4. The molecule has 27 heavy (non-hydrogen) atoms. The van der Waals surface area contributed by atoms with E-state index in [9.17, 15) is 0 Å². The molecule has 0 aromatic carbocycles. The molecule has 0 amide bonds. The Morgan fingerprint density at radius 3 is 2.89 bits per heavy atom. The lowest BCUT2D eigenvalue weighted by atomic mass is 10.1. The molecule has 1 unspecified atom stereocenters. The molecule has 1 atom stereocenters. The van der Waals surface area contributed by atoms with Gasteiger partial charge in [-0.3, -0.25) is 4.99 Å². The first-order chi connectivity index (χ1) is 13.3. The van der Waals surface area contributed by atoms with Gasteiger partial charge in [-0.2, -0.15) is 0 Å². The molecular weight excluding hydrogens is 344 g/mol. The Morgan fingerprint density at radius 1 is 1.33 bits per heavy atom. The number of piperidine rings is 1. The Morgan fingerprint density at radius 2 is 2.19 bits per heavy atom. The number of guanidine groups is 1. The smallest absolute Gasteiger partial charge is 0.193 e. The van der Waals surface area contributed by atoms with Crippen LogP contribution in [-0.2, 0) is 22.4 Å². The van der Waals surface area contributed by atoms with E-state index in [2.05, 4.69) is 36.9 Å².